The van der Waals surface area contributed by atoms with E-state index in [9.17, 15) is 9.90 Å². The molecule has 6 nitrogen and oxygen atoms in total. The van der Waals surface area contributed by atoms with Crippen LogP contribution in [0.25, 0.3) is 6.08 Å². The molecule has 2 saturated carbocycles. The normalized spacial score (nSPS) is 35.8. The number of piperidine rings is 1. The van der Waals surface area contributed by atoms with E-state index >= 15 is 0 Å². The highest BCUT2D eigenvalue weighted by Gasteiger charge is 2.73. The maximum absolute atomic E-state index is 13.2. The van der Waals surface area contributed by atoms with Gasteiger partial charge in [-0.1, -0.05) is 12.1 Å². The number of hydrogen-bond acceptors (Lipinski definition) is 5. The zero-order chi connectivity index (χ0) is 23.2. The Bertz CT molecular complexity index is 1190. The number of carbonyl (C=O) groups is 1. The molecule has 1 saturated heterocycles. The second kappa shape index (κ2) is 6.98. The van der Waals surface area contributed by atoms with Crippen LogP contribution in [0.3, 0.4) is 0 Å². The highest BCUT2D eigenvalue weighted by atomic mass is 16.5. The van der Waals surface area contributed by atoms with Crippen molar-refractivity contribution in [2.75, 3.05) is 13.6 Å². The lowest BCUT2D eigenvalue weighted by molar-refractivity contribution is -0.201. The van der Waals surface area contributed by atoms with E-state index in [0.29, 0.717) is 18.2 Å². The quantitative estimate of drug-likeness (QED) is 0.708. The first kappa shape index (κ1) is 20.8. The third kappa shape index (κ3) is 2.56. The van der Waals surface area contributed by atoms with Crippen LogP contribution in [0.1, 0.15) is 54.6 Å². The van der Waals surface area contributed by atoms with E-state index in [1.165, 1.54) is 24.0 Å². The molecule has 6 heteroatoms. The first-order chi connectivity index (χ1) is 16.4. The fourth-order valence-electron chi connectivity index (χ4n) is 7.76. The first-order valence-corrected chi connectivity index (χ1v) is 12.7. The number of aliphatic hydroxyl groups is 1. The molecule has 0 radical (unpaired) electrons. The van der Waals surface area contributed by atoms with E-state index in [0.717, 1.165) is 37.1 Å². The molecule has 2 bridgehead atoms. The fraction of sp³-hybridized carbons (Fsp3) is 0.536. The molecule has 5 atom stereocenters. The molecule has 1 amide bonds. The summed E-state index contributed by atoms with van der Waals surface area (Å²) in [6.45, 7) is 3.09. The summed E-state index contributed by atoms with van der Waals surface area (Å²) in [4.78, 5) is 17.6. The number of amides is 1. The Hall–Kier alpha value is -2.57. The molecule has 2 aliphatic heterocycles. The van der Waals surface area contributed by atoms with Gasteiger partial charge in [-0.15, -0.1) is 0 Å². The number of hydrogen-bond donors (Lipinski definition) is 1. The van der Waals surface area contributed by atoms with Crippen LogP contribution < -0.4 is 4.74 Å². The van der Waals surface area contributed by atoms with Crippen molar-refractivity contribution >= 4 is 12.0 Å². The molecule has 34 heavy (non-hydrogen) atoms. The van der Waals surface area contributed by atoms with Gasteiger partial charge >= 0.3 is 0 Å². The number of likely N-dealkylation sites (N-methyl/N-ethyl adjacent to an activating group) is 1. The number of ether oxygens (including phenoxy) is 1. The van der Waals surface area contributed by atoms with Gasteiger partial charge < -0.3 is 19.2 Å². The lowest BCUT2D eigenvalue weighted by atomic mass is 9.48. The molecule has 1 aromatic heterocycles. The average Bonchev–Trinajstić information content (AvgIpc) is 3.40. The van der Waals surface area contributed by atoms with Crippen molar-refractivity contribution in [2.45, 2.75) is 80.7 Å². The summed E-state index contributed by atoms with van der Waals surface area (Å²) in [6.07, 6.45) is 10.3. The van der Waals surface area contributed by atoms with Crippen LogP contribution in [-0.4, -0.2) is 64.2 Å². The van der Waals surface area contributed by atoms with Gasteiger partial charge in [-0.05, 0) is 81.3 Å². The molecule has 7 rings (SSSR count). The van der Waals surface area contributed by atoms with Crippen LogP contribution in [0, 0.1) is 6.92 Å². The predicted molar refractivity (Wildman–Crippen MR) is 128 cm³/mol. The molecule has 1 spiro atoms. The maximum atomic E-state index is 13.2. The highest BCUT2D eigenvalue weighted by Crippen LogP contribution is 2.65. The van der Waals surface area contributed by atoms with Gasteiger partial charge in [0.05, 0.1) is 23.3 Å². The van der Waals surface area contributed by atoms with Gasteiger partial charge in [0.15, 0.2) is 0 Å². The summed E-state index contributed by atoms with van der Waals surface area (Å²) >= 11 is 0. The number of benzene rings is 1. The van der Waals surface area contributed by atoms with E-state index in [2.05, 4.69) is 24.0 Å². The van der Waals surface area contributed by atoms with Crippen LogP contribution >= 0.6 is 0 Å². The van der Waals surface area contributed by atoms with Crippen molar-refractivity contribution in [3.05, 3.63) is 59.1 Å². The van der Waals surface area contributed by atoms with Gasteiger partial charge in [0, 0.05) is 30.8 Å². The van der Waals surface area contributed by atoms with Crippen LogP contribution in [0.4, 0.5) is 0 Å². The van der Waals surface area contributed by atoms with Gasteiger partial charge in [0.1, 0.15) is 17.6 Å². The minimum absolute atomic E-state index is 0.0671. The van der Waals surface area contributed by atoms with Crippen molar-refractivity contribution in [1.82, 2.24) is 9.80 Å². The molecule has 5 unspecified atom stereocenters. The Balaban J connectivity index is 1.30. The molecular formula is C28H32N2O4. The summed E-state index contributed by atoms with van der Waals surface area (Å²) in [7, 11) is 1.88. The van der Waals surface area contributed by atoms with Crippen molar-refractivity contribution in [1.29, 1.82) is 0 Å². The summed E-state index contributed by atoms with van der Waals surface area (Å²) < 4.78 is 12.2. The second-order valence-electron chi connectivity index (χ2n) is 11.0. The van der Waals surface area contributed by atoms with E-state index in [1.54, 1.807) is 18.4 Å². The summed E-state index contributed by atoms with van der Waals surface area (Å²) in [5.74, 6) is 1.55. The van der Waals surface area contributed by atoms with Gasteiger partial charge in [-0.2, -0.15) is 0 Å². The molecule has 5 aliphatic rings. The Morgan fingerprint density at radius 3 is 2.85 bits per heavy atom. The van der Waals surface area contributed by atoms with Crippen LogP contribution in [-0.2, 0) is 16.6 Å². The van der Waals surface area contributed by atoms with Crippen LogP contribution in [0.2, 0.25) is 0 Å². The van der Waals surface area contributed by atoms with E-state index in [1.807, 2.05) is 24.1 Å². The van der Waals surface area contributed by atoms with E-state index < -0.39 is 11.0 Å². The van der Waals surface area contributed by atoms with Crippen molar-refractivity contribution in [3.63, 3.8) is 0 Å². The lowest BCUT2D eigenvalue weighted by Crippen LogP contribution is -2.78. The van der Waals surface area contributed by atoms with E-state index in [4.69, 9.17) is 9.15 Å². The Morgan fingerprint density at radius 1 is 1.24 bits per heavy atom. The van der Waals surface area contributed by atoms with Gasteiger partial charge in [0.2, 0.25) is 5.91 Å². The van der Waals surface area contributed by atoms with Crippen molar-refractivity contribution in [2.24, 2.45) is 0 Å². The van der Waals surface area contributed by atoms with Crippen LogP contribution in [0.15, 0.2) is 41.0 Å². The Kier molecular flexibility index (Phi) is 4.27. The van der Waals surface area contributed by atoms with Gasteiger partial charge in [-0.3, -0.25) is 9.69 Å². The average molecular weight is 461 g/mol. The molecule has 1 N–H and O–H groups in total. The third-order valence-corrected chi connectivity index (χ3v) is 9.48. The van der Waals surface area contributed by atoms with Crippen molar-refractivity contribution < 1.29 is 19.1 Å². The minimum atomic E-state index is -0.824. The number of aryl methyl sites for hydroxylation is 1. The standard InChI is InChI=1S/C28H32N2O4/c1-17-5-6-18-16-22-28(32)12-11-21(29(2)23(31)10-9-20-4-3-15-33-20)26-27(28,24(18)25(17)34-26)13-14-30(22)19-7-8-19/h3-6,9-10,15,19,21-22,26,32H,7-8,11-14,16H2,1-2H3/b10-9+. The summed E-state index contributed by atoms with van der Waals surface area (Å²) in [5, 5.41) is 12.6. The number of rotatable bonds is 4. The molecule has 3 fully saturated rings. The number of likely N-dealkylation sites (tertiary alicyclic amines) is 1. The summed E-state index contributed by atoms with van der Waals surface area (Å²) in [5.41, 5.74) is 2.41. The maximum Gasteiger partial charge on any atom is 0.246 e. The predicted octanol–water partition coefficient (Wildman–Crippen LogP) is 3.44. The Morgan fingerprint density at radius 2 is 2.09 bits per heavy atom. The Labute approximate surface area is 200 Å². The first-order valence-electron chi connectivity index (χ1n) is 12.7. The topological polar surface area (TPSA) is 66.1 Å². The molecule has 2 aromatic rings. The zero-order valence-electron chi connectivity index (χ0n) is 19.9. The number of furan rings is 1. The zero-order valence-corrected chi connectivity index (χ0v) is 19.9. The molecule has 3 aliphatic carbocycles. The molecular weight excluding hydrogens is 428 g/mol. The number of carbonyl (C=O) groups excluding carboxylic acids is 1. The lowest BCUT2D eigenvalue weighted by Gasteiger charge is -2.64. The fourth-order valence-corrected chi connectivity index (χ4v) is 7.76. The van der Waals surface area contributed by atoms with Crippen LogP contribution in [0.5, 0.6) is 5.75 Å². The monoisotopic (exact) mass is 460 g/mol. The number of nitrogens with zero attached hydrogens (tertiary/aromatic N) is 2. The van der Waals surface area contributed by atoms with Gasteiger partial charge in [0.25, 0.3) is 0 Å². The highest BCUT2D eigenvalue weighted by molar-refractivity contribution is 5.91. The van der Waals surface area contributed by atoms with Gasteiger partial charge in [-0.25, -0.2) is 0 Å². The largest absolute Gasteiger partial charge is 0.487 e. The smallest absolute Gasteiger partial charge is 0.246 e. The SMILES string of the molecule is Cc1ccc2c3c1OC1C(N(C)C(=O)/C=C/c4ccco4)CCC4(O)C(C2)N(C2CC2)CCC314. The molecule has 1 aromatic carbocycles. The van der Waals surface area contributed by atoms with E-state index in [-0.39, 0.29) is 24.1 Å². The second-order valence-corrected chi connectivity index (χ2v) is 11.0. The molecule has 178 valence electrons. The molecule has 3 heterocycles. The third-order valence-electron chi connectivity index (χ3n) is 9.48. The van der Waals surface area contributed by atoms with Crippen molar-refractivity contribution in [3.8, 4) is 5.75 Å². The summed E-state index contributed by atoms with van der Waals surface area (Å²) in [6, 6.07) is 8.72. The minimum Gasteiger partial charge on any atom is -0.487 e.